The third-order valence-corrected chi connectivity index (χ3v) is 5.27. The first kappa shape index (κ1) is 17.0. The van der Waals surface area contributed by atoms with E-state index in [9.17, 15) is 4.79 Å². The average Bonchev–Trinajstić information content (AvgIpc) is 3.08. The number of carbonyl (C=O) groups excluding carboxylic acids is 1. The monoisotopic (exact) mass is 385 g/mol. The first-order valence-corrected chi connectivity index (χ1v) is 9.45. The second kappa shape index (κ2) is 7.43. The Kier molecular flexibility index (Phi) is 4.86. The maximum atomic E-state index is 12.5. The lowest BCUT2D eigenvalue weighted by Gasteiger charge is -2.24. The summed E-state index contributed by atoms with van der Waals surface area (Å²) in [6.07, 6.45) is 1.30. The third kappa shape index (κ3) is 3.86. The Balaban J connectivity index is 1.39. The lowest BCUT2D eigenvalue weighted by molar-refractivity contribution is -0.121. The van der Waals surface area contributed by atoms with E-state index in [-0.39, 0.29) is 11.8 Å². The van der Waals surface area contributed by atoms with Crippen LogP contribution in [0.4, 0.5) is 5.13 Å². The molecular formula is C19H16ClN3O2S. The molecule has 0 spiro atoms. The number of fused-ring (bicyclic) bond motifs is 1. The fourth-order valence-electron chi connectivity index (χ4n) is 2.88. The van der Waals surface area contributed by atoms with Gasteiger partial charge < -0.3 is 10.1 Å². The standard InChI is InChI=1S/C19H16ClN3O2S/c20-15-6-7-16-13(10-15)9-14(11-25-16)18(24)21-19-23-22-17(26-19)8-12-4-2-1-3-5-12/h1-7,10,14H,8-9,11H2,(H,21,23,24)/t14-/m0/s1. The molecule has 4 rings (SSSR count). The molecule has 5 nitrogen and oxygen atoms in total. The third-order valence-electron chi connectivity index (χ3n) is 4.19. The molecule has 26 heavy (non-hydrogen) atoms. The topological polar surface area (TPSA) is 64.1 Å². The van der Waals surface area contributed by atoms with E-state index in [1.54, 1.807) is 6.07 Å². The smallest absolute Gasteiger partial charge is 0.233 e. The molecule has 0 radical (unpaired) electrons. The van der Waals surface area contributed by atoms with Crippen molar-refractivity contribution in [1.82, 2.24) is 10.2 Å². The van der Waals surface area contributed by atoms with Gasteiger partial charge in [0.2, 0.25) is 11.0 Å². The number of nitrogens with one attached hydrogen (secondary N) is 1. The largest absolute Gasteiger partial charge is 0.492 e. The maximum absolute atomic E-state index is 12.5. The Bertz CT molecular complexity index is 930. The zero-order valence-corrected chi connectivity index (χ0v) is 15.4. The van der Waals surface area contributed by atoms with Gasteiger partial charge in [0.15, 0.2) is 0 Å². The van der Waals surface area contributed by atoms with Crippen LogP contribution in [0.1, 0.15) is 16.1 Å². The zero-order valence-electron chi connectivity index (χ0n) is 13.8. The number of amides is 1. The molecule has 1 aromatic heterocycles. The first-order valence-electron chi connectivity index (χ1n) is 8.26. The molecular weight excluding hydrogens is 370 g/mol. The number of carbonyl (C=O) groups is 1. The van der Waals surface area contributed by atoms with Gasteiger partial charge in [-0.15, -0.1) is 10.2 Å². The van der Waals surface area contributed by atoms with E-state index in [0.717, 1.165) is 21.9 Å². The molecule has 1 aliphatic rings. The summed E-state index contributed by atoms with van der Waals surface area (Å²) in [6, 6.07) is 15.5. The first-order chi connectivity index (χ1) is 12.7. The Labute approximate surface area is 160 Å². The van der Waals surface area contributed by atoms with Crippen LogP contribution < -0.4 is 10.1 Å². The van der Waals surface area contributed by atoms with Crippen molar-refractivity contribution in [2.24, 2.45) is 5.92 Å². The van der Waals surface area contributed by atoms with Crippen molar-refractivity contribution in [3.63, 3.8) is 0 Å². The molecule has 3 aromatic rings. The van der Waals surface area contributed by atoms with Crippen LogP contribution in [0.15, 0.2) is 48.5 Å². The molecule has 1 N–H and O–H groups in total. The van der Waals surface area contributed by atoms with Gasteiger partial charge in [0.1, 0.15) is 17.4 Å². The van der Waals surface area contributed by atoms with Gasteiger partial charge in [-0.2, -0.15) is 0 Å². The zero-order chi connectivity index (χ0) is 17.9. The lowest BCUT2D eigenvalue weighted by Crippen LogP contribution is -2.32. The normalized spacial score (nSPS) is 15.8. The van der Waals surface area contributed by atoms with E-state index in [0.29, 0.717) is 29.6 Å². The van der Waals surface area contributed by atoms with Gasteiger partial charge in [0, 0.05) is 11.4 Å². The molecule has 132 valence electrons. The Morgan fingerprint density at radius 1 is 1.23 bits per heavy atom. The second-order valence-electron chi connectivity index (χ2n) is 6.12. The molecule has 0 fully saturated rings. The number of rotatable bonds is 4. The number of hydrogen-bond acceptors (Lipinski definition) is 5. The number of aromatic nitrogens is 2. The average molecular weight is 386 g/mol. The van der Waals surface area contributed by atoms with E-state index in [4.69, 9.17) is 16.3 Å². The van der Waals surface area contributed by atoms with Crippen molar-refractivity contribution in [2.75, 3.05) is 11.9 Å². The van der Waals surface area contributed by atoms with Crippen molar-refractivity contribution in [2.45, 2.75) is 12.8 Å². The predicted octanol–water partition coefficient (Wildman–Crippen LogP) is 3.97. The van der Waals surface area contributed by atoms with Crippen molar-refractivity contribution in [1.29, 1.82) is 0 Å². The van der Waals surface area contributed by atoms with E-state index in [1.165, 1.54) is 11.3 Å². The quantitative estimate of drug-likeness (QED) is 0.738. The lowest BCUT2D eigenvalue weighted by atomic mass is 9.96. The summed E-state index contributed by atoms with van der Waals surface area (Å²) in [5.41, 5.74) is 2.11. The van der Waals surface area contributed by atoms with Crippen LogP contribution >= 0.6 is 22.9 Å². The van der Waals surface area contributed by atoms with Crippen molar-refractivity contribution < 1.29 is 9.53 Å². The van der Waals surface area contributed by atoms with Crippen LogP contribution in [-0.2, 0) is 17.6 Å². The Morgan fingerprint density at radius 2 is 2.08 bits per heavy atom. The summed E-state index contributed by atoms with van der Waals surface area (Å²) in [5.74, 6) is 0.403. The molecule has 0 saturated heterocycles. The van der Waals surface area contributed by atoms with Crippen LogP contribution in [0.25, 0.3) is 0 Å². The number of ether oxygens (including phenoxy) is 1. The Morgan fingerprint density at radius 3 is 2.92 bits per heavy atom. The van der Waals surface area contributed by atoms with Crippen molar-refractivity contribution >= 4 is 34.0 Å². The molecule has 7 heteroatoms. The highest BCUT2D eigenvalue weighted by Crippen LogP contribution is 2.30. The molecule has 2 aromatic carbocycles. The minimum atomic E-state index is -0.276. The van der Waals surface area contributed by atoms with Crippen LogP contribution in [-0.4, -0.2) is 22.7 Å². The van der Waals surface area contributed by atoms with Crippen LogP contribution in [0.2, 0.25) is 5.02 Å². The minimum absolute atomic E-state index is 0.113. The summed E-state index contributed by atoms with van der Waals surface area (Å²) in [4.78, 5) is 12.5. The molecule has 1 amide bonds. The fraction of sp³-hybridized carbons (Fsp3) is 0.211. The summed E-state index contributed by atoms with van der Waals surface area (Å²) >= 11 is 7.42. The summed E-state index contributed by atoms with van der Waals surface area (Å²) in [6.45, 7) is 0.343. The molecule has 1 aliphatic heterocycles. The van der Waals surface area contributed by atoms with Gasteiger partial charge in [-0.3, -0.25) is 4.79 Å². The minimum Gasteiger partial charge on any atom is -0.492 e. The number of hydrogen-bond donors (Lipinski definition) is 1. The highest BCUT2D eigenvalue weighted by molar-refractivity contribution is 7.15. The van der Waals surface area contributed by atoms with Gasteiger partial charge in [-0.1, -0.05) is 53.3 Å². The predicted molar refractivity (Wildman–Crippen MR) is 102 cm³/mol. The number of nitrogens with zero attached hydrogens (tertiary/aromatic N) is 2. The van der Waals surface area contributed by atoms with Crippen molar-refractivity contribution in [3.8, 4) is 5.75 Å². The van der Waals surface area contributed by atoms with Gasteiger partial charge in [0.05, 0.1) is 5.92 Å². The summed E-state index contributed by atoms with van der Waals surface area (Å²) in [5, 5.41) is 13.1. The molecule has 0 aliphatic carbocycles. The molecule has 0 saturated carbocycles. The van der Waals surface area contributed by atoms with E-state index < -0.39 is 0 Å². The van der Waals surface area contributed by atoms with Crippen LogP contribution in [0, 0.1) is 5.92 Å². The summed E-state index contributed by atoms with van der Waals surface area (Å²) in [7, 11) is 0. The molecule has 1 atom stereocenters. The van der Waals surface area contributed by atoms with Gasteiger partial charge in [-0.05, 0) is 35.7 Å². The second-order valence-corrected chi connectivity index (χ2v) is 7.62. The highest BCUT2D eigenvalue weighted by atomic mass is 35.5. The maximum Gasteiger partial charge on any atom is 0.233 e. The van der Waals surface area contributed by atoms with Gasteiger partial charge >= 0.3 is 0 Å². The van der Waals surface area contributed by atoms with Crippen molar-refractivity contribution in [3.05, 3.63) is 69.7 Å². The van der Waals surface area contributed by atoms with Crippen LogP contribution in [0.5, 0.6) is 5.75 Å². The number of halogens is 1. The van der Waals surface area contributed by atoms with E-state index >= 15 is 0 Å². The SMILES string of the molecule is O=C(Nc1nnc(Cc2ccccc2)s1)[C@@H]1COc2ccc(Cl)cc2C1. The van der Waals surface area contributed by atoms with Crippen LogP contribution in [0.3, 0.4) is 0 Å². The fourth-order valence-corrected chi connectivity index (χ4v) is 3.86. The highest BCUT2D eigenvalue weighted by Gasteiger charge is 2.27. The molecule has 0 bridgehead atoms. The number of anilines is 1. The summed E-state index contributed by atoms with van der Waals surface area (Å²) < 4.78 is 5.68. The van der Waals surface area contributed by atoms with Gasteiger partial charge in [0.25, 0.3) is 0 Å². The molecule has 0 unspecified atom stereocenters. The number of benzene rings is 2. The van der Waals surface area contributed by atoms with E-state index in [1.807, 2.05) is 42.5 Å². The molecule has 2 heterocycles. The van der Waals surface area contributed by atoms with Gasteiger partial charge in [-0.25, -0.2) is 0 Å². The Hall–Kier alpha value is -2.44. The van der Waals surface area contributed by atoms with E-state index in [2.05, 4.69) is 15.5 Å².